The molecule has 0 saturated carbocycles. The first-order valence-corrected chi connectivity index (χ1v) is 9.91. The Kier molecular flexibility index (Phi) is 5.95. The van der Waals surface area contributed by atoms with E-state index in [-0.39, 0.29) is 18.3 Å². The standard InChI is InChI=1S/C23H22N4O3/c24-14-18-5-1-2-6-20(18)29-16-19-7-8-21(30-19)23(28)26-15-17-9-10-25-22(13-17)27-11-3-4-12-27/h1-2,5-10,13H,3-4,11-12,15-16H2,(H,26,28). The minimum atomic E-state index is -0.293. The zero-order valence-corrected chi connectivity index (χ0v) is 16.5. The minimum absolute atomic E-state index is 0.134. The van der Waals surface area contributed by atoms with Crippen LogP contribution in [0.25, 0.3) is 0 Å². The van der Waals surface area contributed by atoms with Crippen LogP contribution in [-0.2, 0) is 13.2 Å². The van der Waals surface area contributed by atoms with Gasteiger partial charge in [-0.2, -0.15) is 5.26 Å². The van der Waals surface area contributed by atoms with Crippen LogP contribution in [-0.4, -0.2) is 24.0 Å². The lowest BCUT2D eigenvalue weighted by atomic mass is 10.2. The number of carbonyl (C=O) groups is 1. The summed E-state index contributed by atoms with van der Waals surface area (Å²) in [5.41, 5.74) is 1.44. The lowest BCUT2D eigenvalue weighted by Gasteiger charge is -2.16. The molecule has 0 atom stereocenters. The van der Waals surface area contributed by atoms with Gasteiger partial charge >= 0.3 is 0 Å². The van der Waals surface area contributed by atoms with Crippen LogP contribution in [0.4, 0.5) is 5.82 Å². The van der Waals surface area contributed by atoms with Gasteiger partial charge in [0.05, 0.1) is 5.56 Å². The molecule has 0 bridgehead atoms. The van der Waals surface area contributed by atoms with Crippen LogP contribution in [0, 0.1) is 11.3 Å². The van der Waals surface area contributed by atoms with Crippen molar-refractivity contribution < 1.29 is 13.9 Å². The van der Waals surface area contributed by atoms with Gasteiger partial charge in [-0.15, -0.1) is 0 Å². The van der Waals surface area contributed by atoms with Crippen molar-refractivity contribution in [3.05, 3.63) is 77.4 Å². The number of pyridine rings is 1. The summed E-state index contributed by atoms with van der Waals surface area (Å²) in [6, 6.07) is 16.3. The Hall–Kier alpha value is -3.79. The van der Waals surface area contributed by atoms with Gasteiger partial charge in [0.25, 0.3) is 5.91 Å². The Labute approximate surface area is 174 Å². The molecule has 0 aliphatic carbocycles. The predicted molar refractivity (Wildman–Crippen MR) is 111 cm³/mol. The third kappa shape index (κ3) is 4.61. The third-order valence-electron chi connectivity index (χ3n) is 4.96. The summed E-state index contributed by atoms with van der Waals surface area (Å²) in [6.07, 6.45) is 4.15. The van der Waals surface area contributed by atoms with Crippen molar-refractivity contribution in [2.24, 2.45) is 0 Å². The Morgan fingerprint density at radius 1 is 1.20 bits per heavy atom. The number of nitrogens with one attached hydrogen (secondary N) is 1. The molecule has 0 unspecified atom stereocenters. The molecule has 1 fully saturated rings. The lowest BCUT2D eigenvalue weighted by molar-refractivity contribution is 0.0919. The molecule has 1 aliphatic rings. The van der Waals surface area contributed by atoms with E-state index in [0.717, 1.165) is 24.5 Å². The number of ether oxygens (including phenoxy) is 1. The second-order valence-corrected chi connectivity index (χ2v) is 7.06. The van der Waals surface area contributed by atoms with Crippen LogP contribution in [0.1, 0.15) is 40.3 Å². The maximum atomic E-state index is 12.4. The number of hydrogen-bond donors (Lipinski definition) is 1. The van der Waals surface area contributed by atoms with Crippen LogP contribution >= 0.6 is 0 Å². The number of benzene rings is 1. The van der Waals surface area contributed by atoms with Crippen molar-refractivity contribution in [2.75, 3.05) is 18.0 Å². The van der Waals surface area contributed by atoms with E-state index in [4.69, 9.17) is 14.4 Å². The quantitative estimate of drug-likeness (QED) is 0.649. The van der Waals surface area contributed by atoms with Crippen LogP contribution in [0.5, 0.6) is 5.75 Å². The van der Waals surface area contributed by atoms with E-state index in [1.807, 2.05) is 12.1 Å². The molecule has 1 saturated heterocycles. The Morgan fingerprint density at radius 2 is 2.03 bits per heavy atom. The summed E-state index contributed by atoms with van der Waals surface area (Å²) in [6.45, 7) is 2.58. The highest BCUT2D eigenvalue weighted by atomic mass is 16.5. The van der Waals surface area contributed by atoms with Crippen LogP contribution < -0.4 is 15.0 Å². The average Bonchev–Trinajstić information content (AvgIpc) is 3.49. The molecule has 2 aromatic heterocycles. The summed E-state index contributed by atoms with van der Waals surface area (Å²) in [4.78, 5) is 19.1. The molecule has 1 aromatic carbocycles. The summed E-state index contributed by atoms with van der Waals surface area (Å²) < 4.78 is 11.2. The van der Waals surface area contributed by atoms with Gasteiger partial charge in [0.2, 0.25) is 0 Å². The number of carbonyl (C=O) groups excluding carboxylic acids is 1. The fourth-order valence-electron chi connectivity index (χ4n) is 3.37. The van der Waals surface area contributed by atoms with Crippen LogP contribution in [0.15, 0.2) is 59.1 Å². The number of anilines is 1. The summed E-state index contributed by atoms with van der Waals surface area (Å²) in [5, 5.41) is 12.0. The third-order valence-corrected chi connectivity index (χ3v) is 4.96. The maximum Gasteiger partial charge on any atom is 0.287 e. The molecule has 7 nitrogen and oxygen atoms in total. The Morgan fingerprint density at radius 3 is 2.87 bits per heavy atom. The molecule has 30 heavy (non-hydrogen) atoms. The van der Waals surface area contributed by atoms with Gasteiger partial charge in [0, 0.05) is 25.8 Å². The van der Waals surface area contributed by atoms with Gasteiger partial charge < -0.3 is 19.4 Å². The highest BCUT2D eigenvalue weighted by Gasteiger charge is 2.15. The van der Waals surface area contributed by atoms with Gasteiger partial charge in [-0.25, -0.2) is 4.98 Å². The zero-order chi connectivity index (χ0) is 20.8. The van der Waals surface area contributed by atoms with Crippen molar-refractivity contribution in [1.29, 1.82) is 5.26 Å². The molecule has 1 aliphatic heterocycles. The lowest BCUT2D eigenvalue weighted by Crippen LogP contribution is -2.23. The summed E-state index contributed by atoms with van der Waals surface area (Å²) >= 11 is 0. The molecular weight excluding hydrogens is 380 g/mol. The van der Waals surface area contributed by atoms with E-state index < -0.39 is 0 Å². The number of aromatic nitrogens is 1. The summed E-state index contributed by atoms with van der Waals surface area (Å²) in [5.74, 6) is 1.87. The van der Waals surface area contributed by atoms with E-state index in [2.05, 4.69) is 21.3 Å². The Bertz CT molecular complexity index is 1060. The molecule has 7 heteroatoms. The van der Waals surface area contributed by atoms with Crippen LogP contribution in [0.3, 0.4) is 0 Å². The predicted octanol–water partition coefficient (Wildman–Crippen LogP) is 3.66. The first kappa shape index (κ1) is 19.5. The molecule has 1 amide bonds. The van der Waals surface area contributed by atoms with Crippen molar-refractivity contribution in [3.63, 3.8) is 0 Å². The average molecular weight is 402 g/mol. The van der Waals surface area contributed by atoms with Gasteiger partial charge in [-0.1, -0.05) is 12.1 Å². The minimum Gasteiger partial charge on any atom is -0.484 e. The highest BCUT2D eigenvalue weighted by molar-refractivity contribution is 5.91. The highest BCUT2D eigenvalue weighted by Crippen LogP contribution is 2.20. The second-order valence-electron chi connectivity index (χ2n) is 7.06. The maximum absolute atomic E-state index is 12.4. The molecule has 1 N–H and O–H groups in total. The number of rotatable bonds is 7. The van der Waals surface area contributed by atoms with Crippen LogP contribution in [0.2, 0.25) is 0 Å². The number of amides is 1. The molecular formula is C23H22N4O3. The number of hydrogen-bond acceptors (Lipinski definition) is 6. The van der Waals surface area contributed by atoms with Crippen molar-refractivity contribution >= 4 is 11.7 Å². The largest absolute Gasteiger partial charge is 0.484 e. The van der Waals surface area contributed by atoms with E-state index in [1.54, 1.807) is 42.6 Å². The molecule has 0 radical (unpaired) electrons. The van der Waals surface area contributed by atoms with Crippen molar-refractivity contribution in [1.82, 2.24) is 10.3 Å². The SMILES string of the molecule is N#Cc1ccccc1OCc1ccc(C(=O)NCc2ccnc(N3CCCC3)c2)o1. The fraction of sp³-hybridized carbons (Fsp3) is 0.261. The van der Waals surface area contributed by atoms with E-state index >= 15 is 0 Å². The van der Waals surface area contributed by atoms with Gasteiger partial charge in [-0.3, -0.25) is 4.79 Å². The van der Waals surface area contributed by atoms with Crippen molar-refractivity contribution in [2.45, 2.75) is 26.0 Å². The fourth-order valence-corrected chi connectivity index (χ4v) is 3.37. The topological polar surface area (TPSA) is 91.4 Å². The zero-order valence-electron chi connectivity index (χ0n) is 16.5. The monoisotopic (exact) mass is 402 g/mol. The number of para-hydroxylation sites is 1. The molecule has 3 heterocycles. The van der Waals surface area contributed by atoms with Crippen molar-refractivity contribution in [3.8, 4) is 11.8 Å². The number of nitrogens with zero attached hydrogens (tertiary/aromatic N) is 3. The molecule has 4 rings (SSSR count). The van der Waals surface area contributed by atoms with Gasteiger partial charge in [0.1, 0.15) is 30.0 Å². The smallest absolute Gasteiger partial charge is 0.287 e. The first-order valence-electron chi connectivity index (χ1n) is 9.91. The van der Waals surface area contributed by atoms with E-state index in [9.17, 15) is 4.79 Å². The van der Waals surface area contributed by atoms with Gasteiger partial charge in [0.15, 0.2) is 5.76 Å². The molecule has 0 spiro atoms. The van der Waals surface area contributed by atoms with Gasteiger partial charge in [-0.05, 0) is 54.8 Å². The molecule has 3 aromatic rings. The number of furan rings is 1. The van der Waals surface area contributed by atoms with E-state index in [1.165, 1.54) is 12.8 Å². The van der Waals surface area contributed by atoms with E-state index in [0.29, 0.717) is 23.6 Å². The Balaban J connectivity index is 1.32. The number of nitriles is 1. The summed E-state index contributed by atoms with van der Waals surface area (Å²) in [7, 11) is 0. The molecule has 152 valence electrons. The normalized spacial score (nSPS) is 13.1. The second kappa shape index (κ2) is 9.14. The first-order chi connectivity index (χ1) is 14.7.